The van der Waals surface area contributed by atoms with Crippen LogP contribution >= 0.6 is 12.2 Å². The normalized spacial score (nSPS) is 26.9. The molecule has 0 amide bonds. The fourth-order valence-corrected chi connectivity index (χ4v) is 3.06. The van der Waals surface area contributed by atoms with Gasteiger partial charge in [-0.3, -0.25) is 19.4 Å². The van der Waals surface area contributed by atoms with Crippen LogP contribution in [-0.2, 0) is 21.5 Å². The zero-order valence-electron chi connectivity index (χ0n) is 12.9. The molecule has 0 unspecified atom stereocenters. The molecular formula is C12H19N3O8S2. The summed E-state index contributed by atoms with van der Waals surface area (Å²) in [6.07, 6.45) is -3.37. The molecule has 1 fully saturated rings. The van der Waals surface area contributed by atoms with Crippen LogP contribution in [-0.4, -0.2) is 75.1 Å². The first-order chi connectivity index (χ1) is 11.6. The van der Waals surface area contributed by atoms with Crippen molar-refractivity contribution in [2.75, 3.05) is 18.9 Å². The number of hydrogen-bond donors (Lipinski definition) is 6. The summed E-state index contributed by atoms with van der Waals surface area (Å²) in [5, 5.41) is 31.7. The molecule has 1 aliphatic heterocycles. The Kier molecular flexibility index (Phi) is 6.45. The summed E-state index contributed by atoms with van der Waals surface area (Å²) < 4.78 is 36.5. The standard InChI is InChI=1S/C12H19N3O8S2/c16-4-7-8(17)9(18)10(23-7)6-3-15(12(19)14-11(6)24)5-13-1-2-25(20,21)22/h3,7-10,13,16-18H,1-2,4-5H2,(H,14,19,24)(H,20,21,22)/t7-,8-,9-,10+/m1/s1. The molecule has 25 heavy (non-hydrogen) atoms. The molecule has 1 aliphatic rings. The van der Waals surface area contributed by atoms with Crippen LogP contribution in [0, 0.1) is 4.64 Å². The van der Waals surface area contributed by atoms with Crippen molar-refractivity contribution in [3.8, 4) is 0 Å². The smallest absolute Gasteiger partial charge is 0.327 e. The van der Waals surface area contributed by atoms with E-state index in [0.29, 0.717) is 0 Å². The molecule has 0 saturated carbocycles. The van der Waals surface area contributed by atoms with Gasteiger partial charge in [-0.2, -0.15) is 8.42 Å². The minimum atomic E-state index is -4.12. The third-order valence-electron chi connectivity index (χ3n) is 3.71. The van der Waals surface area contributed by atoms with Crippen molar-refractivity contribution < 1.29 is 33.0 Å². The minimum absolute atomic E-state index is 0.00836. The van der Waals surface area contributed by atoms with Gasteiger partial charge in [-0.1, -0.05) is 12.2 Å². The molecular weight excluding hydrogens is 378 g/mol. The van der Waals surface area contributed by atoms with E-state index in [0.717, 1.165) is 4.57 Å². The lowest BCUT2D eigenvalue weighted by Crippen LogP contribution is -2.34. The van der Waals surface area contributed by atoms with Crippen molar-refractivity contribution in [2.45, 2.75) is 31.1 Å². The van der Waals surface area contributed by atoms with Gasteiger partial charge in [-0.05, 0) is 0 Å². The summed E-state index contributed by atoms with van der Waals surface area (Å²) in [5.74, 6) is -0.522. The minimum Gasteiger partial charge on any atom is -0.394 e. The van der Waals surface area contributed by atoms with Crippen LogP contribution in [0.25, 0.3) is 0 Å². The Labute approximate surface area is 147 Å². The summed E-state index contributed by atoms with van der Waals surface area (Å²) in [7, 11) is -4.12. The van der Waals surface area contributed by atoms with E-state index in [1.54, 1.807) is 0 Å². The zero-order chi connectivity index (χ0) is 18.8. The van der Waals surface area contributed by atoms with Gasteiger partial charge in [0.25, 0.3) is 10.1 Å². The van der Waals surface area contributed by atoms with Crippen molar-refractivity contribution in [2.24, 2.45) is 0 Å². The van der Waals surface area contributed by atoms with Crippen LogP contribution in [0.3, 0.4) is 0 Å². The Morgan fingerprint density at radius 1 is 1.36 bits per heavy atom. The van der Waals surface area contributed by atoms with Gasteiger partial charge in [-0.15, -0.1) is 0 Å². The quantitative estimate of drug-likeness (QED) is 0.164. The predicted octanol–water partition coefficient (Wildman–Crippen LogP) is -2.51. The Bertz CT molecular complexity index is 820. The third-order valence-corrected chi connectivity index (χ3v) is 4.76. The third kappa shape index (κ3) is 4.92. The van der Waals surface area contributed by atoms with E-state index < -0.39 is 52.6 Å². The molecule has 1 aromatic heterocycles. The summed E-state index contributed by atoms with van der Waals surface area (Å²) in [5.41, 5.74) is -0.353. The van der Waals surface area contributed by atoms with E-state index in [9.17, 15) is 23.4 Å². The maximum atomic E-state index is 11.9. The van der Waals surface area contributed by atoms with Crippen LogP contribution in [0.4, 0.5) is 0 Å². The fourth-order valence-electron chi connectivity index (χ4n) is 2.40. The lowest BCUT2D eigenvalue weighted by Gasteiger charge is -2.17. The molecule has 2 rings (SSSR count). The van der Waals surface area contributed by atoms with Crippen LogP contribution in [0.5, 0.6) is 0 Å². The SMILES string of the molecule is O=c1[nH]c(=S)c([C@@H]2O[C@H](CO)[C@@H](O)[C@H]2O)cn1CNCCS(=O)(=O)O. The van der Waals surface area contributed by atoms with Crippen molar-refractivity contribution in [3.05, 3.63) is 26.9 Å². The average Bonchev–Trinajstić information content (AvgIpc) is 2.80. The molecule has 0 aromatic carbocycles. The van der Waals surface area contributed by atoms with Crippen molar-refractivity contribution >= 4 is 22.3 Å². The molecule has 6 N–H and O–H groups in total. The van der Waals surface area contributed by atoms with Crippen molar-refractivity contribution in [3.63, 3.8) is 0 Å². The monoisotopic (exact) mass is 397 g/mol. The number of H-pyrrole nitrogens is 1. The highest BCUT2D eigenvalue weighted by molar-refractivity contribution is 7.85. The summed E-state index contributed by atoms with van der Waals surface area (Å²) in [6, 6.07) is 0. The second kappa shape index (κ2) is 8.01. The lowest BCUT2D eigenvalue weighted by molar-refractivity contribution is -0.0231. The number of nitrogens with zero attached hydrogens (tertiary/aromatic N) is 1. The summed E-state index contributed by atoms with van der Waals surface area (Å²) in [6.45, 7) is -0.686. The van der Waals surface area contributed by atoms with Crippen LogP contribution in [0.2, 0.25) is 0 Å². The Hall–Kier alpha value is -1.19. The number of aliphatic hydroxyl groups excluding tert-OH is 3. The van der Waals surface area contributed by atoms with E-state index in [1.165, 1.54) is 6.20 Å². The van der Waals surface area contributed by atoms with Gasteiger partial charge in [0.2, 0.25) is 0 Å². The molecule has 11 nitrogen and oxygen atoms in total. The van der Waals surface area contributed by atoms with E-state index in [4.69, 9.17) is 26.6 Å². The lowest BCUT2D eigenvalue weighted by atomic mass is 10.0. The molecule has 0 bridgehead atoms. The number of rotatable bonds is 7. The van der Waals surface area contributed by atoms with Crippen LogP contribution in [0.1, 0.15) is 11.7 Å². The number of aromatic amines is 1. The van der Waals surface area contributed by atoms with Gasteiger partial charge in [-0.25, -0.2) is 4.79 Å². The van der Waals surface area contributed by atoms with Crippen LogP contribution in [0.15, 0.2) is 11.0 Å². The average molecular weight is 397 g/mol. The van der Waals surface area contributed by atoms with Gasteiger partial charge in [0.15, 0.2) is 0 Å². The van der Waals surface area contributed by atoms with Gasteiger partial charge in [0.05, 0.1) is 19.0 Å². The highest BCUT2D eigenvalue weighted by atomic mass is 32.2. The Morgan fingerprint density at radius 2 is 2.04 bits per heavy atom. The Balaban J connectivity index is 2.18. The first-order valence-electron chi connectivity index (χ1n) is 7.26. The maximum absolute atomic E-state index is 11.9. The topological polar surface area (TPSA) is 174 Å². The predicted molar refractivity (Wildman–Crippen MR) is 87.0 cm³/mol. The molecule has 1 saturated heterocycles. The first-order valence-corrected chi connectivity index (χ1v) is 9.28. The van der Waals surface area contributed by atoms with Gasteiger partial charge in [0, 0.05) is 18.3 Å². The highest BCUT2D eigenvalue weighted by Gasteiger charge is 2.43. The second-order valence-electron chi connectivity index (χ2n) is 5.52. The van der Waals surface area contributed by atoms with Gasteiger partial charge < -0.3 is 20.1 Å². The summed E-state index contributed by atoms with van der Waals surface area (Å²) >= 11 is 5.05. The largest absolute Gasteiger partial charge is 0.394 e. The number of aromatic nitrogens is 2. The summed E-state index contributed by atoms with van der Waals surface area (Å²) in [4.78, 5) is 14.3. The molecule has 0 aliphatic carbocycles. The Morgan fingerprint density at radius 3 is 2.60 bits per heavy atom. The van der Waals surface area contributed by atoms with Crippen molar-refractivity contribution in [1.29, 1.82) is 0 Å². The molecule has 13 heteroatoms. The molecule has 0 radical (unpaired) electrons. The van der Waals surface area contributed by atoms with E-state index in [-0.39, 0.29) is 23.4 Å². The maximum Gasteiger partial charge on any atom is 0.327 e. The first kappa shape index (κ1) is 20.1. The number of hydrogen-bond acceptors (Lipinski definition) is 9. The highest BCUT2D eigenvalue weighted by Crippen LogP contribution is 2.33. The van der Waals surface area contributed by atoms with E-state index in [1.807, 2.05) is 0 Å². The molecule has 0 spiro atoms. The number of nitrogens with one attached hydrogen (secondary N) is 2. The van der Waals surface area contributed by atoms with Gasteiger partial charge >= 0.3 is 5.69 Å². The number of ether oxygens (including phenoxy) is 1. The van der Waals surface area contributed by atoms with E-state index >= 15 is 0 Å². The fraction of sp³-hybridized carbons (Fsp3) is 0.667. The molecule has 4 atom stereocenters. The van der Waals surface area contributed by atoms with Crippen molar-refractivity contribution in [1.82, 2.24) is 14.9 Å². The molecule has 142 valence electrons. The van der Waals surface area contributed by atoms with Gasteiger partial charge in [0.1, 0.15) is 29.1 Å². The van der Waals surface area contributed by atoms with E-state index in [2.05, 4.69) is 10.3 Å². The number of aliphatic hydroxyl groups is 3. The second-order valence-corrected chi connectivity index (χ2v) is 7.50. The molecule has 2 heterocycles. The zero-order valence-corrected chi connectivity index (χ0v) is 14.5. The van der Waals surface area contributed by atoms with Crippen LogP contribution < -0.4 is 11.0 Å². The molecule has 1 aromatic rings.